The fourth-order valence-corrected chi connectivity index (χ4v) is 1.40. The van der Waals surface area contributed by atoms with Gasteiger partial charge >= 0.3 is 0 Å². The number of aromatic nitrogens is 2. The molecule has 0 aromatic carbocycles. The molecule has 0 saturated heterocycles. The molecule has 0 fully saturated rings. The number of carbonyl (C=O) groups excluding carboxylic acids is 1. The summed E-state index contributed by atoms with van der Waals surface area (Å²) in [4.78, 5) is 13.1. The molecule has 1 aromatic heterocycles. The third kappa shape index (κ3) is 3.74. The zero-order valence-corrected chi connectivity index (χ0v) is 11.0. The normalized spacial score (nSPS) is 11.4. The summed E-state index contributed by atoms with van der Waals surface area (Å²) in [6, 6.07) is 3.57. The number of carbonyl (C=O) groups is 1. The first-order chi connectivity index (χ1) is 8.58. The van der Waals surface area contributed by atoms with Crippen LogP contribution in [0.5, 0.6) is 0 Å². The van der Waals surface area contributed by atoms with Gasteiger partial charge in [0.15, 0.2) is 5.69 Å². The number of nitrogens with zero attached hydrogens (tertiary/aromatic N) is 3. The Balaban J connectivity index is 2.71. The molecule has 1 heterocycles. The van der Waals surface area contributed by atoms with Crippen molar-refractivity contribution in [3.8, 4) is 12.3 Å². The first kappa shape index (κ1) is 14.0. The van der Waals surface area contributed by atoms with Gasteiger partial charge in [-0.15, -0.1) is 22.5 Å². The number of anilines is 1. The minimum Gasteiger partial charge on any atom is -0.365 e. The van der Waals surface area contributed by atoms with E-state index in [1.54, 1.807) is 26.2 Å². The minimum absolute atomic E-state index is 0.162. The van der Waals surface area contributed by atoms with Gasteiger partial charge in [-0.2, -0.15) is 0 Å². The Bertz CT molecular complexity index is 433. The highest BCUT2D eigenvalue weighted by Gasteiger charge is 2.11. The van der Waals surface area contributed by atoms with E-state index in [2.05, 4.69) is 21.4 Å². The number of hydrogen-bond acceptors (Lipinski definition) is 4. The molecule has 5 heteroatoms. The second-order valence-electron chi connectivity index (χ2n) is 4.16. The molecule has 96 valence electrons. The highest BCUT2D eigenvalue weighted by Crippen LogP contribution is 2.08. The quantitative estimate of drug-likeness (QED) is 0.798. The van der Waals surface area contributed by atoms with Gasteiger partial charge in [0.25, 0.3) is 5.91 Å². The highest BCUT2D eigenvalue weighted by molar-refractivity contribution is 5.91. The van der Waals surface area contributed by atoms with Crippen LogP contribution in [-0.2, 0) is 0 Å². The number of rotatable bonds is 5. The van der Waals surface area contributed by atoms with Crippen LogP contribution in [0.15, 0.2) is 12.1 Å². The maximum absolute atomic E-state index is 11.6. The van der Waals surface area contributed by atoms with Crippen LogP contribution in [0, 0.1) is 12.3 Å². The van der Waals surface area contributed by atoms with Gasteiger partial charge in [-0.1, -0.05) is 6.92 Å². The lowest BCUT2D eigenvalue weighted by Crippen LogP contribution is -2.24. The molecular formula is C13H18N4O. The molecule has 1 amide bonds. The van der Waals surface area contributed by atoms with Gasteiger partial charge in [-0.05, 0) is 18.6 Å². The highest BCUT2D eigenvalue weighted by atomic mass is 16.2. The molecule has 0 aliphatic heterocycles. The van der Waals surface area contributed by atoms with Crippen LogP contribution in [0.4, 0.5) is 5.82 Å². The maximum Gasteiger partial charge on any atom is 0.273 e. The fraction of sp³-hybridized carbons (Fsp3) is 0.462. The van der Waals surface area contributed by atoms with E-state index in [4.69, 9.17) is 6.42 Å². The summed E-state index contributed by atoms with van der Waals surface area (Å²) in [5, 5.41) is 11.1. The van der Waals surface area contributed by atoms with Gasteiger partial charge in [0, 0.05) is 26.6 Å². The monoisotopic (exact) mass is 246 g/mol. The van der Waals surface area contributed by atoms with Crippen molar-refractivity contribution in [2.75, 3.05) is 19.4 Å². The van der Waals surface area contributed by atoms with Crippen LogP contribution in [0.25, 0.3) is 0 Å². The zero-order chi connectivity index (χ0) is 13.5. The molecule has 0 spiro atoms. The topological polar surface area (TPSA) is 58.1 Å². The predicted octanol–water partition coefficient (Wildman–Crippen LogP) is 1.39. The SMILES string of the molecule is C#CCC(CC)Nc1ccc(C(=O)N(C)C)nn1. The third-order valence-corrected chi connectivity index (χ3v) is 2.50. The van der Waals surface area contributed by atoms with Gasteiger partial charge in [0.2, 0.25) is 0 Å². The lowest BCUT2D eigenvalue weighted by Gasteiger charge is -2.14. The van der Waals surface area contributed by atoms with E-state index in [1.807, 2.05) is 6.92 Å². The summed E-state index contributed by atoms with van der Waals surface area (Å²) >= 11 is 0. The molecule has 18 heavy (non-hydrogen) atoms. The second-order valence-corrected chi connectivity index (χ2v) is 4.16. The van der Waals surface area contributed by atoms with E-state index in [9.17, 15) is 4.79 Å². The van der Waals surface area contributed by atoms with Gasteiger partial charge in [-0.25, -0.2) is 0 Å². The number of nitrogens with one attached hydrogen (secondary N) is 1. The summed E-state index contributed by atoms with van der Waals surface area (Å²) in [6.07, 6.45) is 6.82. The van der Waals surface area contributed by atoms with Crippen molar-refractivity contribution < 1.29 is 4.79 Å². The van der Waals surface area contributed by atoms with Crippen molar-refractivity contribution in [3.05, 3.63) is 17.8 Å². The van der Waals surface area contributed by atoms with Crippen LogP contribution >= 0.6 is 0 Å². The van der Waals surface area contributed by atoms with Crippen LogP contribution < -0.4 is 5.32 Å². The zero-order valence-electron chi connectivity index (χ0n) is 11.0. The Hall–Kier alpha value is -2.09. The molecule has 0 aliphatic carbocycles. The molecule has 0 bridgehead atoms. The first-order valence-electron chi connectivity index (χ1n) is 5.83. The van der Waals surface area contributed by atoms with Crippen LogP contribution in [0.1, 0.15) is 30.3 Å². The molecule has 1 aromatic rings. The molecule has 0 aliphatic rings. The van der Waals surface area contributed by atoms with Crippen molar-refractivity contribution >= 4 is 11.7 Å². The largest absolute Gasteiger partial charge is 0.365 e. The summed E-state index contributed by atoms with van der Waals surface area (Å²) in [5.41, 5.74) is 0.329. The van der Waals surface area contributed by atoms with E-state index < -0.39 is 0 Å². The van der Waals surface area contributed by atoms with E-state index in [1.165, 1.54) is 4.90 Å². The van der Waals surface area contributed by atoms with E-state index in [-0.39, 0.29) is 11.9 Å². The molecule has 1 rings (SSSR count). The Morgan fingerprint density at radius 1 is 1.50 bits per heavy atom. The van der Waals surface area contributed by atoms with Crippen LogP contribution in [0.3, 0.4) is 0 Å². The smallest absolute Gasteiger partial charge is 0.273 e. The lowest BCUT2D eigenvalue weighted by molar-refractivity contribution is 0.0821. The number of amides is 1. The molecule has 1 unspecified atom stereocenters. The average molecular weight is 246 g/mol. The van der Waals surface area contributed by atoms with Crippen LogP contribution in [0.2, 0.25) is 0 Å². The van der Waals surface area contributed by atoms with Gasteiger partial charge in [-0.3, -0.25) is 4.79 Å². The van der Waals surface area contributed by atoms with E-state index >= 15 is 0 Å². The van der Waals surface area contributed by atoms with E-state index in [0.717, 1.165) is 6.42 Å². The Morgan fingerprint density at radius 3 is 2.67 bits per heavy atom. The summed E-state index contributed by atoms with van der Waals surface area (Å²) in [7, 11) is 3.35. The molecule has 1 N–H and O–H groups in total. The molecule has 1 atom stereocenters. The molecule has 0 saturated carbocycles. The second kappa shape index (κ2) is 6.60. The van der Waals surface area contributed by atoms with Crippen molar-refractivity contribution in [2.45, 2.75) is 25.8 Å². The molecule has 0 radical (unpaired) electrons. The van der Waals surface area contributed by atoms with Crippen molar-refractivity contribution in [1.29, 1.82) is 0 Å². The van der Waals surface area contributed by atoms with Gasteiger partial charge in [0.05, 0.1) is 0 Å². The Labute approximate surface area is 108 Å². The van der Waals surface area contributed by atoms with Crippen molar-refractivity contribution in [2.24, 2.45) is 0 Å². The average Bonchev–Trinajstić information content (AvgIpc) is 2.38. The summed E-state index contributed by atoms with van der Waals surface area (Å²) in [5.74, 6) is 3.08. The molecule has 5 nitrogen and oxygen atoms in total. The van der Waals surface area contributed by atoms with Crippen molar-refractivity contribution in [1.82, 2.24) is 15.1 Å². The van der Waals surface area contributed by atoms with Gasteiger partial charge < -0.3 is 10.2 Å². The molecular weight excluding hydrogens is 228 g/mol. The standard InChI is InChI=1S/C13H18N4O/c1-5-7-10(6-2)14-12-9-8-11(15-16-12)13(18)17(3)4/h1,8-10H,6-7H2,2-4H3,(H,14,16). The number of hydrogen-bond donors (Lipinski definition) is 1. The Morgan fingerprint density at radius 2 is 2.22 bits per heavy atom. The minimum atomic E-state index is -0.162. The lowest BCUT2D eigenvalue weighted by atomic mass is 10.1. The number of terminal acetylenes is 1. The Kier molecular flexibility index (Phi) is 5.12. The third-order valence-electron chi connectivity index (χ3n) is 2.50. The first-order valence-corrected chi connectivity index (χ1v) is 5.83. The summed E-state index contributed by atoms with van der Waals surface area (Å²) < 4.78 is 0. The summed E-state index contributed by atoms with van der Waals surface area (Å²) in [6.45, 7) is 2.05. The predicted molar refractivity (Wildman–Crippen MR) is 71.2 cm³/mol. The fourth-order valence-electron chi connectivity index (χ4n) is 1.40. The van der Waals surface area contributed by atoms with Crippen molar-refractivity contribution in [3.63, 3.8) is 0 Å². The van der Waals surface area contributed by atoms with E-state index in [0.29, 0.717) is 17.9 Å². The maximum atomic E-state index is 11.6. The van der Waals surface area contributed by atoms with Gasteiger partial charge in [0.1, 0.15) is 5.82 Å². The van der Waals surface area contributed by atoms with Crippen LogP contribution in [-0.4, -0.2) is 41.1 Å².